The molecule has 2 aromatic rings. The Bertz CT molecular complexity index is 728. The van der Waals surface area contributed by atoms with E-state index in [2.05, 4.69) is 5.16 Å². The van der Waals surface area contributed by atoms with E-state index < -0.39 is 12.1 Å². The molecule has 0 radical (unpaired) electrons. The molecule has 0 aliphatic heterocycles. The molecular weight excluding hydrogens is 330 g/mol. The van der Waals surface area contributed by atoms with Gasteiger partial charge in [0.1, 0.15) is 6.61 Å². The summed E-state index contributed by atoms with van der Waals surface area (Å²) in [6.07, 6.45) is -1.04. The van der Waals surface area contributed by atoms with Crippen molar-refractivity contribution in [3.63, 3.8) is 0 Å². The van der Waals surface area contributed by atoms with Crippen LogP contribution in [0, 0.1) is 0 Å². The standard InChI is InChI=1S/C18H18ClNO4/c1-12(13-7-9-15(19)10-8-13)20-24-11-14-5-3-4-6-16(14)17(23-2)18(21)22/h3-10,17H,11H2,1-2H3,(H,21,22)/b20-12+. The molecule has 0 fully saturated rings. The quantitative estimate of drug-likeness (QED) is 0.606. The Balaban J connectivity index is 2.10. The minimum Gasteiger partial charge on any atom is -0.479 e. The fourth-order valence-electron chi connectivity index (χ4n) is 2.22. The maximum atomic E-state index is 11.3. The number of ether oxygens (including phenoxy) is 1. The van der Waals surface area contributed by atoms with Gasteiger partial charge in [-0.05, 0) is 35.7 Å². The van der Waals surface area contributed by atoms with Crippen LogP contribution in [0.15, 0.2) is 53.7 Å². The lowest BCUT2D eigenvalue weighted by molar-refractivity contribution is -0.149. The molecular formula is C18H18ClNO4. The SMILES string of the molecule is COC(C(=O)O)c1ccccc1CO/N=C(\C)c1ccc(Cl)cc1. The van der Waals surface area contributed by atoms with E-state index in [0.717, 1.165) is 5.56 Å². The highest BCUT2D eigenvalue weighted by Gasteiger charge is 2.21. The zero-order valence-corrected chi connectivity index (χ0v) is 14.2. The minimum absolute atomic E-state index is 0.147. The molecule has 126 valence electrons. The van der Waals surface area contributed by atoms with E-state index in [1.165, 1.54) is 7.11 Å². The molecule has 1 atom stereocenters. The minimum atomic E-state index is -1.05. The summed E-state index contributed by atoms with van der Waals surface area (Å²) < 4.78 is 5.04. The van der Waals surface area contributed by atoms with Crippen LogP contribution < -0.4 is 0 Å². The van der Waals surface area contributed by atoms with Crippen molar-refractivity contribution in [2.75, 3.05) is 7.11 Å². The highest BCUT2D eigenvalue weighted by Crippen LogP contribution is 2.22. The first kappa shape index (κ1) is 18.0. The molecule has 0 saturated heterocycles. The number of oxime groups is 1. The molecule has 1 unspecified atom stereocenters. The van der Waals surface area contributed by atoms with Gasteiger partial charge in [-0.25, -0.2) is 4.79 Å². The van der Waals surface area contributed by atoms with Gasteiger partial charge in [0.05, 0.1) is 5.71 Å². The summed E-state index contributed by atoms with van der Waals surface area (Å²) in [6.45, 7) is 1.97. The lowest BCUT2D eigenvalue weighted by Gasteiger charge is -2.14. The van der Waals surface area contributed by atoms with Gasteiger partial charge in [0, 0.05) is 12.1 Å². The van der Waals surface area contributed by atoms with Crippen LogP contribution in [0.1, 0.15) is 29.7 Å². The van der Waals surface area contributed by atoms with Crippen LogP contribution in [0.3, 0.4) is 0 Å². The lowest BCUT2D eigenvalue weighted by Crippen LogP contribution is -2.15. The van der Waals surface area contributed by atoms with E-state index in [9.17, 15) is 9.90 Å². The van der Waals surface area contributed by atoms with Gasteiger partial charge in [0.2, 0.25) is 0 Å². The molecule has 0 heterocycles. The number of rotatable bonds is 7. The van der Waals surface area contributed by atoms with Gasteiger partial charge >= 0.3 is 5.97 Å². The van der Waals surface area contributed by atoms with Crippen LogP contribution in [-0.2, 0) is 21.0 Å². The molecule has 1 N–H and O–H groups in total. The van der Waals surface area contributed by atoms with Gasteiger partial charge in [-0.15, -0.1) is 0 Å². The third kappa shape index (κ3) is 4.57. The zero-order valence-electron chi connectivity index (χ0n) is 13.4. The average Bonchev–Trinajstić information content (AvgIpc) is 2.57. The number of benzene rings is 2. The summed E-state index contributed by atoms with van der Waals surface area (Å²) in [5, 5.41) is 14.0. The second-order valence-electron chi connectivity index (χ2n) is 5.11. The van der Waals surface area contributed by atoms with Gasteiger partial charge in [0.15, 0.2) is 6.10 Å². The molecule has 24 heavy (non-hydrogen) atoms. The first-order valence-corrected chi connectivity index (χ1v) is 7.66. The Morgan fingerprint density at radius 1 is 1.21 bits per heavy atom. The van der Waals surface area contributed by atoms with Crippen molar-refractivity contribution in [3.8, 4) is 0 Å². The number of carboxylic acid groups (broad SMARTS) is 1. The van der Waals surface area contributed by atoms with E-state index in [-0.39, 0.29) is 6.61 Å². The number of halogens is 1. The van der Waals surface area contributed by atoms with Crippen LogP contribution in [0.25, 0.3) is 0 Å². The Labute approximate surface area is 145 Å². The fraction of sp³-hybridized carbons (Fsp3) is 0.222. The first-order valence-electron chi connectivity index (χ1n) is 7.29. The molecule has 5 nitrogen and oxygen atoms in total. The van der Waals surface area contributed by atoms with Crippen molar-refractivity contribution in [1.29, 1.82) is 0 Å². The van der Waals surface area contributed by atoms with Crippen LogP contribution in [0.2, 0.25) is 5.02 Å². The summed E-state index contributed by atoms with van der Waals surface area (Å²) in [4.78, 5) is 16.7. The second kappa shape index (κ2) is 8.47. The number of carboxylic acids is 1. The van der Waals surface area contributed by atoms with Crippen LogP contribution in [-0.4, -0.2) is 23.9 Å². The first-order chi connectivity index (χ1) is 11.5. The molecule has 0 aliphatic rings. The molecule has 0 aromatic heterocycles. The van der Waals surface area contributed by atoms with Crippen molar-refractivity contribution in [3.05, 3.63) is 70.2 Å². The molecule has 0 bridgehead atoms. The summed E-state index contributed by atoms with van der Waals surface area (Å²) in [7, 11) is 1.36. The Morgan fingerprint density at radius 3 is 2.50 bits per heavy atom. The Kier molecular flexibility index (Phi) is 6.35. The predicted octanol–water partition coefficient (Wildman–Crippen LogP) is 4.05. The smallest absolute Gasteiger partial charge is 0.337 e. The van der Waals surface area contributed by atoms with Crippen LogP contribution >= 0.6 is 11.6 Å². The van der Waals surface area contributed by atoms with E-state index in [4.69, 9.17) is 21.2 Å². The Hall–Kier alpha value is -2.37. The van der Waals surface area contributed by atoms with Crippen molar-refractivity contribution in [2.45, 2.75) is 19.6 Å². The number of aliphatic carboxylic acids is 1. The predicted molar refractivity (Wildman–Crippen MR) is 92.3 cm³/mol. The molecule has 0 aliphatic carbocycles. The van der Waals surface area contributed by atoms with Gasteiger partial charge in [0.25, 0.3) is 0 Å². The van der Waals surface area contributed by atoms with E-state index in [1.54, 1.807) is 30.3 Å². The van der Waals surface area contributed by atoms with Gasteiger partial charge < -0.3 is 14.7 Å². The average molecular weight is 348 g/mol. The van der Waals surface area contributed by atoms with E-state index in [1.807, 2.05) is 25.1 Å². The number of hydrogen-bond acceptors (Lipinski definition) is 4. The number of methoxy groups -OCH3 is 1. The molecule has 0 spiro atoms. The topological polar surface area (TPSA) is 68.1 Å². The van der Waals surface area contributed by atoms with Gasteiger partial charge in [-0.2, -0.15) is 0 Å². The summed E-state index contributed by atoms with van der Waals surface area (Å²) in [5.41, 5.74) is 2.85. The zero-order chi connectivity index (χ0) is 17.5. The highest BCUT2D eigenvalue weighted by atomic mass is 35.5. The molecule has 6 heteroatoms. The number of carbonyl (C=O) groups is 1. The van der Waals surface area contributed by atoms with Crippen LogP contribution in [0.4, 0.5) is 0 Å². The number of nitrogens with zero attached hydrogens (tertiary/aromatic N) is 1. The maximum absolute atomic E-state index is 11.3. The molecule has 2 rings (SSSR count). The van der Waals surface area contributed by atoms with Crippen molar-refractivity contribution in [1.82, 2.24) is 0 Å². The van der Waals surface area contributed by atoms with Crippen molar-refractivity contribution >= 4 is 23.3 Å². The molecule has 0 saturated carbocycles. The van der Waals surface area contributed by atoms with E-state index in [0.29, 0.717) is 21.9 Å². The third-order valence-electron chi connectivity index (χ3n) is 3.48. The maximum Gasteiger partial charge on any atom is 0.337 e. The van der Waals surface area contributed by atoms with Crippen molar-refractivity contribution in [2.24, 2.45) is 5.16 Å². The van der Waals surface area contributed by atoms with Crippen LogP contribution in [0.5, 0.6) is 0 Å². The highest BCUT2D eigenvalue weighted by molar-refractivity contribution is 6.30. The monoisotopic (exact) mass is 347 g/mol. The largest absolute Gasteiger partial charge is 0.479 e. The summed E-state index contributed by atoms with van der Waals surface area (Å²) >= 11 is 5.86. The van der Waals surface area contributed by atoms with E-state index >= 15 is 0 Å². The fourth-order valence-corrected chi connectivity index (χ4v) is 2.35. The molecule has 2 aromatic carbocycles. The normalized spacial score (nSPS) is 12.7. The second-order valence-corrected chi connectivity index (χ2v) is 5.55. The number of hydrogen-bond donors (Lipinski definition) is 1. The van der Waals surface area contributed by atoms with Gasteiger partial charge in [-0.1, -0.05) is 53.2 Å². The molecule has 0 amide bonds. The third-order valence-corrected chi connectivity index (χ3v) is 3.73. The lowest BCUT2D eigenvalue weighted by atomic mass is 10.0. The summed E-state index contributed by atoms with van der Waals surface area (Å²) in [6, 6.07) is 14.3. The van der Waals surface area contributed by atoms with Crippen molar-refractivity contribution < 1.29 is 19.5 Å². The van der Waals surface area contributed by atoms with Gasteiger partial charge in [-0.3, -0.25) is 0 Å². The Morgan fingerprint density at radius 2 is 1.88 bits per heavy atom. The summed E-state index contributed by atoms with van der Waals surface area (Å²) in [5.74, 6) is -1.05.